The van der Waals surface area contributed by atoms with Crippen LogP contribution < -0.4 is 5.73 Å². The fourth-order valence-electron chi connectivity index (χ4n) is 4.45. The average Bonchev–Trinajstić information content (AvgIpc) is 2.39. The lowest BCUT2D eigenvalue weighted by molar-refractivity contribution is -0.142. The summed E-state index contributed by atoms with van der Waals surface area (Å²) in [5.41, 5.74) is 5.92. The van der Waals surface area contributed by atoms with Gasteiger partial charge in [0.1, 0.15) is 0 Å². The Balaban J connectivity index is 2.13. The highest BCUT2D eigenvalue weighted by Crippen LogP contribution is 2.50. The molecule has 104 valence electrons. The topological polar surface area (TPSA) is 63.3 Å². The van der Waals surface area contributed by atoms with Gasteiger partial charge in [0.2, 0.25) is 0 Å². The van der Waals surface area contributed by atoms with Crippen LogP contribution in [0.5, 0.6) is 0 Å². The summed E-state index contributed by atoms with van der Waals surface area (Å²) < 4.78 is 0. The Morgan fingerprint density at radius 2 is 1.78 bits per heavy atom. The monoisotopic (exact) mass is 253 g/mol. The van der Waals surface area contributed by atoms with Gasteiger partial charge < -0.3 is 10.8 Å². The van der Waals surface area contributed by atoms with Gasteiger partial charge in [0.05, 0.1) is 6.42 Å². The molecule has 0 aromatic carbocycles. The highest BCUT2D eigenvalue weighted by Gasteiger charge is 2.44. The molecule has 3 N–H and O–H groups in total. The van der Waals surface area contributed by atoms with Gasteiger partial charge >= 0.3 is 5.97 Å². The van der Waals surface area contributed by atoms with Gasteiger partial charge in [-0.3, -0.25) is 4.79 Å². The summed E-state index contributed by atoms with van der Waals surface area (Å²) in [5.74, 6) is 0.637. The second kappa shape index (κ2) is 6.05. The Labute approximate surface area is 110 Å². The highest BCUT2D eigenvalue weighted by atomic mass is 16.4. The summed E-state index contributed by atoms with van der Waals surface area (Å²) in [5, 5.41) is 9.22. The molecular formula is C15H27NO2. The molecule has 0 heterocycles. The summed E-state index contributed by atoms with van der Waals surface area (Å²) in [4.78, 5) is 11.2. The van der Waals surface area contributed by atoms with E-state index in [0.29, 0.717) is 12.5 Å². The number of carboxylic acids is 1. The van der Waals surface area contributed by atoms with E-state index in [1.807, 2.05) is 0 Å². The van der Waals surface area contributed by atoms with Crippen LogP contribution in [0.4, 0.5) is 0 Å². The summed E-state index contributed by atoms with van der Waals surface area (Å²) in [6.07, 6.45) is 11.5. The first-order valence-corrected chi connectivity index (χ1v) is 7.60. The zero-order valence-electron chi connectivity index (χ0n) is 11.4. The molecule has 3 heteroatoms. The van der Waals surface area contributed by atoms with E-state index in [1.54, 1.807) is 0 Å². The van der Waals surface area contributed by atoms with Gasteiger partial charge in [-0.25, -0.2) is 0 Å². The number of rotatable bonds is 4. The Morgan fingerprint density at radius 1 is 1.11 bits per heavy atom. The number of hydrogen-bond donors (Lipinski definition) is 2. The van der Waals surface area contributed by atoms with Gasteiger partial charge in [0.15, 0.2) is 0 Å². The molecule has 3 nitrogen and oxygen atoms in total. The second-order valence-electron chi connectivity index (χ2n) is 6.39. The molecule has 0 aromatic heterocycles. The van der Waals surface area contributed by atoms with Crippen molar-refractivity contribution >= 4 is 5.97 Å². The van der Waals surface area contributed by atoms with Crippen molar-refractivity contribution in [1.29, 1.82) is 0 Å². The van der Waals surface area contributed by atoms with Crippen molar-refractivity contribution in [3.63, 3.8) is 0 Å². The van der Waals surface area contributed by atoms with Crippen LogP contribution in [0.15, 0.2) is 0 Å². The molecule has 0 radical (unpaired) electrons. The summed E-state index contributed by atoms with van der Waals surface area (Å²) in [6.45, 7) is 0.556. The molecule has 2 rings (SSSR count). The summed E-state index contributed by atoms with van der Waals surface area (Å²) in [6, 6.07) is 0. The molecule has 2 atom stereocenters. The molecular weight excluding hydrogens is 226 g/mol. The van der Waals surface area contributed by atoms with E-state index in [1.165, 1.54) is 44.9 Å². The molecule has 18 heavy (non-hydrogen) atoms. The first kappa shape index (κ1) is 13.9. The zero-order chi connectivity index (χ0) is 13.0. The zero-order valence-corrected chi connectivity index (χ0v) is 11.4. The largest absolute Gasteiger partial charge is 0.481 e. The van der Waals surface area contributed by atoms with Gasteiger partial charge in [-0.1, -0.05) is 44.9 Å². The minimum absolute atomic E-state index is 0.105. The van der Waals surface area contributed by atoms with Crippen LogP contribution in [0, 0.1) is 17.3 Å². The van der Waals surface area contributed by atoms with Crippen molar-refractivity contribution < 1.29 is 9.90 Å². The number of carboxylic acid groups (broad SMARTS) is 1. The van der Waals surface area contributed by atoms with Crippen molar-refractivity contribution in [2.45, 2.75) is 64.2 Å². The van der Waals surface area contributed by atoms with Crippen LogP contribution in [0.2, 0.25) is 0 Å². The quantitative estimate of drug-likeness (QED) is 0.809. The maximum absolute atomic E-state index is 11.2. The Kier molecular flexibility index (Phi) is 4.66. The van der Waals surface area contributed by atoms with Gasteiger partial charge in [0, 0.05) is 0 Å². The molecule has 2 aliphatic rings. The van der Waals surface area contributed by atoms with Crippen molar-refractivity contribution in [1.82, 2.24) is 0 Å². The number of hydrogen-bond acceptors (Lipinski definition) is 2. The van der Waals surface area contributed by atoms with E-state index in [-0.39, 0.29) is 11.8 Å². The van der Waals surface area contributed by atoms with Crippen LogP contribution in [0.3, 0.4) is 0 Å². The molecule has 2 saturated carbocycles. The van der Waals surface area contributed by atoms with Crippen molar-refractivity contribution in [2.75, 3.05) is 6.54 Å². The molecule has 0 aromatic rings. The normalized spacial score (nSPS) is 34.4. The van der Waals surface area contributed by atoms with Crippen LogP contribution in [-0.4, -0.2) is 17.6 Å². The molecule has 0 spiro atoms. The van der Waals surface area contributed by atoms with E-state index in [2.05, 4.69) is 0 Å². The minimum atomic E-state index is -0.664. The number of nitrogens with two attached hydrogens (primary N) is 1. The smallest absolute Gasteiger partial charge is 0.303 e. The highest BCUT2D eigenvalue weighted by molar-refractivity contribution is 5.67. The summed E-state index contributed by atoms with van der Waals surface area (Å²) >= 11 is 0. The molecule has 0 bridgehead atoms. The number of carbonyl (C=O) groups is 1. The molecule has 2 aliphatic carbocycles. The molecule has 0 aliphatic heterocycles. The molecule has 0 saturated heterocycles. The van der Waals surface area contributed by atoms with E-state index < -0.39 is 5.97 Å². The van der Waals surface area contributed by atoms with Crippen LogP contribution >= 0.6 is 0 Å². The standard InChI is InChI=1S/C15H27NO2/c16-11-15(10-14(17)18)9-5-4-8-13(15)12-6-2-1-3-7-12/h12-13H,1-11,16H2,(H,17,18)/t13-,15+/m0/s1. The maximum atomic E-state index is 11.2. The van der Waals surface area contributed by atoms with Crippen LogP contribution in [0.1, 0.15) is 64.2 Å². The van der Waals surface area contributed by atoms with E-state index in [0.717, 1.165) is 18.8 Å². The van der Waals surface area contributed by atoms with Gasteiger partial charge in [0.25, 0.3) is 0 Å². The predicted octanol–water partition coefficient (Wildman–Crippen LogP) is 3.18. The van der Waals surface area contributed by atoms with Crippen LogP contribution in [0.25, 0.3) is 0 Å². The average molecular weight is 253 g/mol. The van der Waals surface area contributed by atoms with E-state index in [9.17, 15) is 9.90 Å². The lowest BCUT2D eigenvalue weighted by Crippen LogP contribution is -2.45. The minimum Gasteiger partial charge on any atom is -0.481 e. The second-order valence-corrected chi connectivity index (χ2v) is 6.39. The van der Waals surface area contributed by atoms with Gasteiger partial charge in [-0.05, 0) is 36.6 Å². The van der Waals surface area contributed by atoms with Crippen molar-refractivity contribution in [3.05, 3.63) is 0 Å². The third kappa shape index (κ3) is 2.87. The maximum Gasteiger partial charge on any atom is 0.303 e. The summed E-state index contributed by atoms with van der Waals surface area (Å²) in [7, 11) is 0. The van der Waals surface area contributed by atoms with Crippen molar-refractivity contribution in [3.8, 4) is 0 Å². The lowest BCUT2D eigenvalue weighted by Gasteiger charge is -2.47. The third-order valence-corrected chi connectivity index (χ3v) is 5.36. The number of aliphatic carboxylic acids is 1. The Bertz CT molecular complexity index is 286. The SMILES string of the molecule is NC[C@]1(CC(=O)O)CCCC[C@H]1C1CCCCC1. The predicted molar refractivity (Wildman–Crippen MR) is 72.3 cm³/mol. The van der Waals surface area contributed by atoms with Gasteiger partial charge in [-0.15, -0.1) is 0 Å². The molecule has 2 fully saturated rings. The van der Waals surface area contributed by atoms with Gasteiger partial charge in [-0.2, -0.15) is 0 Å². The van der Waals surface area contributed by atoms with Crippen LogP contribution in [-0.2, 0) is 4.79 Å². The third-order valence-electron chi connectivity index (χ3n) is 5.36. The van der Waals surface area contributed by atoms with Crippen molar-refractivity contribution in [2.24, 2.45) is 23.0 Å². The van der Waals surface area contributed by atoms with E-state index in [4.69, 9.17) is 5.73 Å². The fourth-order valence-corrected chi connectivity index (χ4v) is 4.45. The molecule has 0 unspecified atom stereocenters. The first-order valence-electron chi connectivity index (χ1n) is 7.60. The Hall–Kier alpha value is -0.570. The molecule has 0 amide bonds. The Morgan fingerprint density at radius 3 is 2.39 bits per heavy atom. The first-order chi connectivity index (χ1) is 8.68. The lowest BCUT2D eigenvalue weighted by atomic mass is 9.58. The van der Waals surface area contributed by atoms with E-state index >= 15 is 0 Å². The fraction of sp³-hybridized carbons (Fsp3) is 0.933.